The van der Waals surface area contributed by atoms with Crippen LogP contribution in [0.1, 0.15) is 37.3 Å². The highest BCUT2D eigenvalue weighted by atomic mass is 19.4. The number of anilines is 1. The van der Waals surface area contributed by atoms with Gasteiger partial charge in [0.25, 0.3) is 11.5 Å². The zero-order chi connectivity index (χ0) is 25.2. The maximum absolute atomic E-state index is 13.2. The van der Waals surface area contributed by atoms with Gasteiger partial charge in [-0.2, -0.15) is 18.3 Å². The molecule has 2 aliphatic heterocycles. The van der Waals surface area contributed by atoms with E-state index in [1.54, 1.807) is 17.5 Å². The van der Waals surface area contributed by atoms with Crippen LogP contribution in [0.4, 0.5) is 19.1 Å². The fourth-order valence-electron chi connectivity index (χ4n) is 4.36. The summed E-state index contributed by atoms with van der Waals surface area (Å²) in [5, 5.41) is 5.13. The Morgan fingerprint density at radius 2 is 1.80 bits per heavy atom. The highest BCUT2D eigenvalue weighted by Gasteiger charge is 2.40. The Kier molecular flexibility index (Phi) is 7.24. The lowest BCUT2D eigenvalue weighted by Gasteiger charge is -2.36. The Labute approximate surface area is 199 Å². The number of H-pyrrole nitrogens is 1. The van der Waals surface area contributed by atoms with Gasteiger partial charge in [-0.1, -0.05) is 0 Å². The molecule has 4 rings (SSSR count). The van der Waals surface area contributed by atoms with Crippen LogP contribution in [0.5, 0.6) is 5.75 Å². The lowest BCUT2D eigenvalue weighted by atomic mass is 10.0. The minimum absolute atomic E-state index is 0.0860. The highest BCUT2D eigenvalue weighted by molar-refractivity contribution is 5.83. The van der Waals surface area contributed by atoms with E-state index in [0.29, 0.717) is 18.9 Å². The number of nitrogens with zero attached hydrogens (tertiary/aromatic N) is 5. The number of hydrogen-bond acceptors (Lipinski definition) is 8. The quantitative estimate of drug-likeness (QED) is 0.619. The molecule has 0 aromatic carbocycles. The number of aromatic amines is 1. The van der Waals surface area contributed by atoms with Gasteiger partial charge in [-0.25, -0.2) is 15.1 Å². The van der Waals surface area contributed by atoms with Crippen molar-refractivity contribution in [1.29, 1.82) is 0 Å². The SMILES string of the molecule is Cc1cnc(N2CCC(N3CC[C@H](OC[C@H](C)Oc4cn[nH]c(=O)c4C(F)(F)F)C3=O)CC2)nc1. The van der Waals surface area contributed by atoms with Gasteiger partial charge in [-0.15, -0.1) is 0 Å². The van der Waals surface area contributed by atoms with Crippen molar-refractivity contribution in [2.45, 2.75) is 57.5 Å². The summed E-state index contributed by atoms with van der Waals surface area (Å²) in [7, 11) is 0. The first-order valence-corrected chi connectivity index (χ1v) is 11.4. The minimum atomic E-state index is -4.89. The zero-order valence-electron chi connectivity index (χ0n) is 19.4. The van der Waals surface area contributed by atoms with E-state index in [-0.39, 0.29) is 18.6 Å². The molecule has 0 radical (unpaired) electrons. The van der Waals surface area contributed by atoms with E-state index in [0.717, 1.165) is 37.7 Å². The molecule has 190 valence electrons. The van der Waals surface area contributed by atoms with Crippen molar-refractivity contribution in [3.8, 4) is 5.75 Å². The average Bonchev–Trinajstić information content (AvgIpc) is 3.18. The minimum Gasteiger partial charge on any atom is -0.486 e. The molecule has 10 nitrogen and oxygen atoms in total. The summed E-state index contributed by atoms with van der Waals surface area (Å²) in [5.41, 5.74) is -1.85. The molecule has 2 atom stereocenters. The summed E-state index contributed by atoms with van der Waals surface area (Å²) < 4.78 is 50.5. The molecule has 0 unspecified atom stereocenters. The number of aromatic nitrogens is 4. The predicted molar refractivity (Wildman–Crippen MR) is 118 cm³/mol. The van der Waals surface area contributed by atoms with E-state index >= 15 is 0 Å². The Balaban J connectivity index is 1.27. The first-order valence-electron chi connectivity index (χ1n) is 11.4. The number of carbonyl (C=O) groups is 1. The third-order valence-corrected chi connectivity index (χ3v) is 6.11. The van der Waals surface area contributed by atoms with Crippen LogP contribution in [0, 0.1) is 6.92 Å². The zero-order valence-corrected chi connectivity index (χ0v) is 19.4. The second kappa shape index (κ2) is 10.2. The monoisotopic (exact) mass is 496 g/mol. The highest BCUT2D eigenvalue weighted by Crippen LogP contribution is 2.33. The molecule has 35 heavy (non-hydrogen) atoms. The summed E-state index contributed by atoms with van der Waals surface area (Å²) >= 11 is 0. The Hall–Kier alpha value is -3.22. The molecule has 1 N–H and O–H groups in total. The first kappa shape index (κ1) is 24.9. The van der Waals surface area contributed by atoms with Crippen molar-refractivity contribution in [2.24, 2.45) is 0 Å². The van der Waals surface area contributed by atoms with Crippen molar-refractivity contribution in [3.63, 3.8) is 0 Å². The van der Waals surface area contributed by atoms with E-state index in [1.807, 2.05) is 11.8 Å². The topological polar surface area (TPSA) is 114 Å². The van der Waals surface area contributed by atoms with Crippen LogP contribution in [0.15, 0.2) is 23.4 Å². The molecular formula is C22H27F3N6O4. The molecule has 13 heteroatoms. The van der Waals surface area contributed by atoms with Crippen molar-refractivity contribution < 1.29 is 27.4 Å². The van der Waals surface area contributed by atoms with Crippen LogP contribution in [-0.2, 0) is 15.7 Å². The van der Waals surface area contributed by atoms with Gasteiger partial charge in [0.1, 0.15) is 12.2 Å². The molecule has 0 bridgehead atoms. The summed E-state index contributed by atoms with van der Waals surface area (Å²) in [5.74, 6) is -0.127. The molecule has 1 amide bonds. The van der Waals surface area contributed by atoms with E-state index in [2.05, 4.69) is 20.0 Å². The lowest BCUT2D eigenvalue weighted by Crippen LogP contribution is -2.47. The molecule has 2 saturated heterocycles. The number of carbonyl (C=O) groups excluding carboxylic acids is 1. The number of piperidine rings is 1. The first-order chi connectivity index (χ1) is 16.6. The number of hydrogen-bond donors (Lipinski definition) is 1. The number of halogens is 3. The van der Waals surface area contributed by atoms with Gasteiger partial charge in [-0.05, 0) is 32.3 Å². The third-order valence-electron chi connectivity index (χ3n) is 6.11. The van der Waals surface area contributed by atoms with Gasteiger partial charge in [0.05, 0.1) is 12.8 Å². The molecule has 4 heterocycles. The van der Waals surface area contributed by atoms with Gasteiger partial charge in [0, 0.05) is 44.5 Å². The van der Waals surface area contributed by atoms with Gasteiger partial charge in [0.2, 0.25) is 5.95 Å². The number of alkyl halides is 3. The van der Waals surface area contributed by atoms with E-state index < -0.39 is 35.3 Å². The molecule has 2 aromatic rings. The van der Waals surface area contributed by atoms with Gasteiger partial charge >= 0.3 is 6.18 Å². The maximum atomic E-state index is 13.2. The largest absolute Gasteiger partial charge is 0.486 e. The van der Waals surface area contributed by atoms with Crippen LogP contribution in [-0.4, -0.2) is 75.5 Å². The van der Waals surface area contributed by atoms with Crippen LogP contribution in [0.3, 0.4) is 0 Å². The van der Waals surface area contributed by atoms with Crippen LogP contribution in [0.25, 0.3) is 0 Å². The van der Waals surface area contributed by atoms with Gasteiger partial charge < -0.3 is 19.3 Å². The number of nitrogens with one attached hydrogen (secondary N) is 1. The normalized spacial score (nSPS) is 20.4. The molecule has 2 aliphatic rings. The molecule has 0 spiro atoms. The third kappa shape index (κ3) is 5.72. The Bertz CT molecular complexity index is 1090. The van der Waals surface area contributed by atoms with E-state index in [1.165, 1.54) is 6.92 Å². The fourth-order valence-corrected chi connectivity index (χ4v) is 4.36. The summed E-state index contributed by atoms with van der Waals surface area (Å²) in [6.07, 6.45) is 0.0108. The molecule has 0 aliphatic carbocycles. The molecular weight excluding hydrogens is 469 g/mol. The number of likely N-dealkylation sites (tertiary alicyclic amines) is 1. The van der Waals surface area contributed by atoms with Gasteiger partial charge in [0.15, 0.2) is 11.3 Å². The molecule has 2 fully saturated rings. The lowest BCUT2D eigenvalue weighted by molar-refractivity contribution is -0.141. The fraction of sp³-hybridized carbons (Fsp3) is 0.591. The van der Waals surface area contributed by atoms with Crippen molar-refractivity contribution in [3.05, 3.63) is 40.1 Å². The number of rotatable bonds is 7. The maximum Gasteiger partial charge on any atom is 0.425 e. The number of ether oxygens (including phenoxy) is 2. The van der Waals surface area contributed by atoms with Crippen molar-refractivity contribution >= 4 is 11.9 Å². The van der Waals surface area contributed by atoms with Crippen LogP contribution < -0.4 is 15.2 Å². The summed E-state index contributed by atoms with van der Waals surface area (Å²) in [6.45, 7) is 5.35. The van der Waals surface area contributed by atoms with Crippen LogP contribution >= 0.6 is 0 Å². The van der Waals surface area contributed by atoms with Crippen molar-refractivity contribution in [1.82, 2.24) is 25.1 Å². The second-order valence-corrected chi connectivity index (χ2v) is 8.79. The molecule has 0 saturated carbocycles. The summed E-state index contributed by atoms with van der Waals surface area (Å²) in [6, 6.07) is 0.0860. The Morgan fingerprint density at radius 3 is 2.46 bits per heavy atom. The molecule has 2 aromatic heterocycles. The number of aryl methyl sites for hydroxylation is 1. The smallest absolute Gasteiger partial charge is 0.425 e. The number of amides is 1. The second-order valence-electron chi connectivity index (χ2n) is 8.79. The average molecular weight is 496 g/mol. The van der Waals surface area contributed by atoms with Crippen molar-refractivity contribution in [2.75, 3.05) is 31.1 Å². The van der Waals surface area contributed by atoms with Gasteiger partial charge in [-0.3, -0.25) is 9.59 Å². The predicted octanol–water partition coefficient (Wildman–Crippen LogP) is 1.94. The Morgan fingerprint density at radius 1 is 1.11 bits per heavy atom. The van der Waals surface area contributed by atoms with Crippen LogP contribution in [0.2, 0.25) is 0 Å². The van der Waals surface area contributed by atoms with E-state index in [4.69, 9.17) is 9.47 Å². The summed E-state index contributed by atoms with van der Waals surface area (Å²) in [4.78, 5) is 37.1. The van der Waals surface area contributed by atoms with E-state index in [9.17, 15) is 22.8 Å². The standard InChI is InChI=1S/C22H27F3N6O4/c1-13-9-26-21(27-10-13)30-6-3-15(4-7-30)31-8-5-16(20(31)33)34-12-14(2)35-17-11-28-29-19(32)18(17)22(23,24)25/h9-11,14-16H,3-8,12H2,1-2H3,(H,29,32)/t14-,16-/m0/s1.